The third-order valence-electron chi connectivity index (χ3n) is 6.10. The summed E-state index contributed by atoms with van der Waals surface area (Å²) in [6.45, 7) is 4.27. The smallest absolute Gasteiger partial charge is 0.430 e. The molecule has 2 aromatic carbocycles. The molecule has 1 heterocycles. The van der Waals surface area contributed by atoms with Crippen LogP contribution in [0.25, 0.3) is 0 Å². The minimum Gasteiger partial charge on any atom is -0.444 e. The molecule has 0 spiro atoms. The molecule has 1 aliphatic heterocycles. The zero-order valence-electron chi connectivity index (χ0n) is 20.0. The second-order valence-electron chi connectivity index (χ2n) is 9.75. The van der Waals surface area contributed by atoms with Gasteiger partial charge in [-0.2, -0.15) is 26.3 Å². The van der Waals surface area contributed by atoms with Gasteiger partial charge in [-0.25, -0.2) is 13.2 Å². The lowest BCUT2D eigenvalue weighted by molar-refractivity contribution is -0.376. The van der Waals surface area contributed by atoms with Crippen LogP contribution in [-0.4, -0.2) is 55.6 Å². The van der Waals surface area contributed by atoms with Gasteiger partial charge in [0.15, 0.2) is 9.84 Å². The van der Waals surface area contributed by atoms with E-state index >= 15 is 0 Å². The van der Waals surface area contributed by atoms with Gasteiger partial charge in [-0.3, -0.25) is 0 Å². The van der Waals surface area contributed by atoms with Gasteiger partial charge in [0.05, 0.1) is 4.90 Å². The normalized spacial score (nSPS) is 19.7. The Hall–Kier alpha value is -2.80. The summed E-state index contributed by atoms with van der Waals surface area (Å²) in [6, 6.07) is 9.48. The molecule has 204 valence electrons. The first-order valence-electron chi connectivity index (χ1n) is 11.0. The molecule has 2 aromatic rings. The second-order valence-corrected chi connectivity index (χ2v) is 12.0. The fraction of sp³-hybridized carbons (Fsp3) is 0.458. The van der Waals surface area contributed by atoms with Crippen LogP contribution in [0.1, 0.15) is 38.3 Å². The summed E-state index contributed by atoms with van der Waals surface area (Å²) in [5, 5.41) is 9.70. The molecule has 1 saturated heterocycles. The molecule has 0 radical (unpaired) electrons. The molecule has 37 heavy (non-hydrogen) atoms. The predicted octanol–water partition coefficient (Wildman–Crippen LogP) is 5.31. The van der Waals surface area contributed by atoms with Crippen molar-refractivity contribution in [2.24, 2.45) is 0 Å². The van der Waals surface area contributed by atoms with E-state index in [2.05, 4.69) is 0 Å². The molecule has 1 N–H and O–H groups in total. The van der Waals surface area contributed by atoms with Crippen LogP contribution in [0.15, 0.2) is 59.5 Å². The Morgan fingerprint density at radius 2 is 1.43 bits per heavy atom. The number of aliphatic hydroxyl groups is 1. The number of amides is 1. The highest BCUT2D eigenvalue weighted by molar-refractivity contribution is 7.92. The van der Waals surface area contributed by atoms with Crippen LogP contribution in [-0.2, 0) is 24.9 Å². The Labute approximate surface area is 209 Å². The molecule has 6 nitrogen and oxygen atoms in total. The minimum atomic E-state index is -6.10. The molecular formula is C24H25F6NO5S. The second kappa shape index (κ2) is 9.19. The number of carbonyl (C=O) groups excluding carboxylic acids is 1. The number of halogens is 6. The fourth-order valence-corrected chi connectivity index (χ4v) is 6.30. The number of nitrogens with zero attached hydrogens (tertiary/aromatic N) is 1. The van der Waals surface area contributed by atoms with Gasteiger partial charge in [0.2, 0.25) is 0 Å². The maximum atomic E-state index is 13.8. The molecule has 0 aromatic heterocycles. The number of alkyl halides is 6. The van der Waals surface area contributed by atoms with Gasteiger partial charge in [-0.1, -0.05) is 42.5 Å². The van der Waals surface area contributed by atoms with Gasteiger partial charge in [-0.05, 0) is 44.9 Å². The predicted molar refractivity (Wildman–Crippen MR) is 120 cm³/mol. The van der Waals surface area contributed by atoms with Crippen molar-refractivity contribution in [2.45, 2.75) is 60.4 Å². The van der Waals surface area contributed by atoms with Gasteiger partial charge < -0.3 is 14.7 Å². The Kier molecular flexibility index (Phi) is 7.15. The van der Waals surface area contributed by atoms with E-state index in [1.807, 2.05) is 0 Å². The average molecular weight is 554 g/mol. The first kappa shape index (κ1) is 28.8. The molecule has 1 fully saturated rings. The number of sulfone groups is 1. The van der Waals surface area contributed by atoms with Crippen LogP contribution < -0.4 is 0 Å². The van der Waals surface area contributed by atoms with Gasteiger partial charge in [0.25, 0.3) is 5.60 Å². The Morgan fingerprint density at radius 3 is 1.89 bits per heavy atom. The molecule has 3 rings (SSSR count). The molecule has 1 aliphatic rings. The van der Waals surface area contributed by atoms with Crippen molar-refractivity contribution in [1.82, 2.24) is 4.90 Å². The zero-order chi connectivity index (χ0) is 28.1. The Bertz CT molecular complexity index is 1220. The van der Waals surface area contributed by atoms with Crippen LogP contribution in [0.5, 0.6) is 0 Å². The van der Waals surface area contributed by atoms with Crippen LogP contribution >= 0.6 is 0 Å². The van der Waals surface area contributed by atoms with E-state index in [1.165, 1.54) is 24.3 Å². The van der Waals surface area contributed by atoms with E-state index in [9.17, 15) is 44.7 Å². The van der Waals surface area contributed by atoms with Gasteiger partial charge in [0, 0.05) is 18.7 Å². The monoisotopic (exact) mass is 553 g/mol. The largest absolute Gasteiger partial charge is 0.444 e. The van der Waals surface area contributed by atoms with E-state index in [0.29, 0.717) is 12.1 Å². The molecule has 13 heteroatoms. The lowest BCUT2D eigenvalue weighted by Crippen LogP contribution is -2.54. The summed E-state index contributed by atoms with van der Waals surface area (Å²) >= 11 is 0. The highest BCUT2D eigenvalue weighted by Crippen LogP contribution is 2.51. The van der Waals surface area contributed by atoms with Gasteiger partial charge in [0.1, 0.15) is 10.3 Å². The number of hydrogen-bond donors (Lipinski definition) is 1. The van der Waals surface area contributed by atoms with E-state index in [-0.39, 0.29) is 23.4 Å². The van der Waals surface area contributed by atoms with Crippen LogP contribution in [0.2, 0.25) is 0 Å². The molecule has 0 saturated carbocycles. The summed E-state index contributed by atoms with van der Waals surface area (Å²) in [4.78, 5) is 13.7. The fourth-order valence-electron chi connectivity index (χ4n) is 4.20. The van der Waals surface area contributed by atoms with E-state index in [4.69, 9.17) is 4.74 Å². The van der Waals surface area contributed by atoms with E-state index in [0.717, 1.165) is 17.0 Å². The van der Waals surface area contributed by atoms with Crippen LogP contribution in [0.3, 0.4) is 0 Å². The summed E-state index contributed by atoms with van der Waals surface area (Å²) in [6.07, 6.45) is -13.2. The number of likely N-dealkylation sites (tertiary alicyclic amines) is 1. The molecule has 0 aliphatic carbocycles. The number of rotatable bonds is 4. The summed E-state index contributed by atoms with van der Waals surface area (Å²) in [7, 11) is -4.33. The van der Waals surface area contributed by atoms with Crippen molar-refractivity contribution < 1.29 is 49.4 Å². The Balaban J connectivity index is 2.14. The highest BCUT2D eigenvalue weighted by atomic mass is 32.2. The molecule has 1 unspecified atom stereocenters. The lowest BCUT2D eigenvalue weighted by atomic mass is 9.89. The molecule has 0 bridgehead atoms. The summed E-state index contributed by atoms with van der Waals surface area (Å²) < 4.78 is 111. The van der Waals surface area contributed by atoms with Crippen molar-refractivity contribution in [3.63, 3.8) is 0 Å². The number of benzene rings is 2. The number of hydrogen-bond acceptors (Lipinski definition) is 5. The SMILES string of the molecule is CC(C)(C)OC(=O)N1CCC(c2ccc(C(O)(C(F)(F)F)C(F)(F)F)cc2)(S(=O)(=O)c2ccccc2)C1. The zero-order valence-corrected chi connectivity index (χ0v) is 20.8. The maximum absolute atomic E-state index is 13.8. The van der Waals surface area contributed by atoms with Crippen molar-refractivity contribution in [1.29, 1.82) is 0 Å². The Morgan fingerprint density at radius 1 is 0.919 bits per heavy atom. The van der Waals surface area contributed by atoms with Crippen molar-refractivity contribution >= 4 is 15.9 Å². The topological polar surface area (TPSA) is 83.9 Å². The number of carbonyl (C=O) groups is 1. The van der Waals surface area contributed by atoms with Gasteiger partial charge in [-0.15, -0.1) is 0 Å². The standard InChI is InChI=1S/C24H25F6NO5S/c1-20(2,3)36-19(32)31-14-13-21(15-31,37(34,35)18-7-5-4-6-8-18)16-9-11-17(12-10-16)22(33,23(25,26)27)24(28,29)30/h4-12,33H,13-15H2,1-3H3. The van der Waals surface area contributed by atoms with Crippen LogP contribution in [0, 0.1) is 0 Å². The van der Waals surface area contributed by atoms with E-state index in [1.54, 1.807) is 26.8 Å². The first-order chi connectivity index (χ1) is 16.8. The first-order valence-corrected chi connectivity index (χ1v) is 12.5. The third-order valence-corrected chi connectivity index (χ3v) is 8.59. The summed E-state index contributed by atoms with van der Waals surface area (Å²) in [5.74, 6) is 0. The highest BCUT2D eigenvalue weighted by Gasteiger charge is 2.71. The minimum absolute atomic E-state index is 0.0994. The quantitative estimate of drug-likeness (QED) is 0.519. The summed E-state index contributed by atoms with van der Waals surface area (Å²) in [5.41, 5.74) is -7.73. The number of ether oxygens (including phenoxy) is 1. The molecule has 1 amide bonds. The molecule has 1 atom stereocenters. The lowest BCUT2D eigenvalue weighted by Gasteiger charge is -2.34. The van der Waals surface area contributed by atoms with E-state index < -0.39 is 56.3 Å². The maximum Gasteiger partial charge on any atom is 0.430 e. The van der Waals surface area contributed by atoms with Gasteiger partial charge >= 0.3 is 18.4 Å². The average Bonchev–Trinajstić information content (AvgIpc) is 3.24. The van der Waals surface area contributed by atoms with Crippen molar-refractivity contribution in [3.05, 3.63) is 65.7 Å². The van der Waals surface area contributed by atoms with Crippen molar-refractivity contribution in [3.8, 4) is 0 Å². The third kappa shape index (κ3) is 5.02. The van der Waals surface area contributed by atoms with Crippen molar-refractivity contribution in [2.75, 3.05) is 13.1 Å². The molecular weight excluding hydrogens is 528 g/mol. The van der Waals surface area contributed by atoms with Crippen LogP contribution in [0.4, 0.5) is 31.1 Å².